The first-order chi connectivity index (χ1) is 8.13. The van der Waals surface area contributed by atoms with E-state index in [0.717, 1.165) is 12.6 Å². The molecule has 0 fully saturated rings. The van der Waals surface area contributed by atoms with Crippen LogP contribution >= 0.6 is 0 Å². The number of carbonyl (C=O) groups is 1. The Hall–Kier alpha value is -1.89. The van der Waals surface area contributed by atoms with Gasteiger partial charge in [0.1, 0.15) is 0 Å². The zero-order chi connectivity index (χ0) is 14.1. The van der Waals surface area contributed by atoms with Crippen molar-refractivity contribution in [2.75, 3.05) is 0 Å². The van der Waals surface area contributed by atoms with Crippen LogP contribution in [-0.2, 0) is 4.79 Å². The van der Waals surface area contributed by atoms with Gasteiger partial charge in [-0.15, -0.1) is 0 Å². The minimum Gasteiger partial charge on any atom is -0.478 e. The second-order valence-electron chi connectivity index (χ2n) is 2.46. The summed E-state index contributed by atoms with van der Waals surface area (Å²) < 4.78 is 0. The van der Waals surface area contributed by atoms with Crippen LogP contribution < -0.4 is 0 Å². The van der Waals surface area contributed by atoms with E-state index in [0.29, 0.717) is 6.42 Å². The maximum Gasteiger partial charge on any atom is 0.336 e. The van der Waals surface area contributed by atoms with Crippen molar-refractivity contribution >= 4 is 12.2 Å². The van der Waals surface area contributed by atoms with Gasteiger partial charge in [0.05, 0.1) is 11.6 Å². The largest absolute Gasteiger partial charge is 0.478 e. The van der Waals surface area contributed by atoms with E-state index in [1.54, 1.807) is 0 Å². The Labute approximate surface area is 104 Å². The Morgan fingerprint density at radius 2 is 1.88 bits per heavy atom. The van der Waals surface area contributed by atoms with E-state index in [1.807, 2.05) is 39.8 Å². The number of nitrogens with zero attached hydrogens (tertiary/aromatic N) is 1. The van der Waals surface area contributed by atoms with Crippen LogP contribution in [0.5, 0.6) is 0 Å². The van der Waals surface area contributed by atoms with E-state index in [-0.39, 0.29) is 5.57 Å². The molecule has 0 bridgehead atoms. The average Bonchev–Trinajstić information content (AvgIpc) is 2.36. The molecule has 0 aliphatic rings. The molecule has 0 aliphatic carbocycles. The monoisotopic (exact) mass is 238 g/mol. The molecule has 0 heterocycles. The number of carboxylic acid groups (broad SMARTS) is 1. The van der Waals surface area contributed by atoms with E-state index in [9.17, 15) is 4.79 Å². The molecule has 96 valence electrons. The predicted molar refractivity (Wildman–Crippen MR) is 71.2 cm³/mol. The van der Waals surface area contributed by atoms with Gasteiger partial charge >= 0.3 is 5.97 Å². The number of carboxylic acids is 1. The molecular formula is C13H22N2O2. The van der Waals surface area contributed by atoms with Gasteiger partial charge < -0.3 is 10.5 Å². The molecule has 17 heavy (non-hydrogen) atoms. The molecule has 2 N–H and O–H groups in total. The Bertz CT molecular complexity index is 286. The van der Waals surface area contributed by atoms with Gasteiger partial charge in [-0.1, -0.05) is 39.8 Å². The molecule has 0 rings (SSSR count). The molecule has 0 aliphatic heterocycles. The molecule has 0 aromatic carbocycles. The van der Waals surface area contributed by atoms with Crippen LogP contribution in [0.4, 0.5) is 0 Å². The molecule has 0 radical (unpaired) electrons. The van der Waals surface area contributed by atoms with Crippen molar-refractivity contribution in [3.05, 3.63) is 23.8 Å². The van der Waals surface area contributed by atoms with Crippen molar-refractivity contribution in [1.82, 2.24) is 0 Å². The van der Waals surface area contributed by atoms with Gasteiger partial charge in [-0.2, -0.15) is 5.26 Å². The fraction of sp³-hybridized carbons (Fsp3) is 0.462. The lowest BCUT2D eigenvalue weighted by Gasteiger charge is -1.88. The number of nitriles is 1. The topological polar surface area (TPSA) is 84.9 Å². The van der Waals surface area contributed by atoms with Crippen LogP contribution in [0.2, 0.25) is 0 Å². The third kappa shape index (κ3) is 20.2. The van der Waals surface area contributed by atoms with Crippen molar-refractivity contribution < 1.29 is 9.90 Å². The molecule has 0 amide bonds. The Kier molecular flexibility index (Phi) is 23.7. The first-order valence-electron chi connectivity index (χ1n) is 5.62. The third-order valence-electron chi connectivity index (χ3n) is 1.25. The third-order valence-corrected chi connectivity index (χ3v) is 1.25. The lowest BCUT2D eigenvalue weighted by atomic mass is 10.2. The number of hydrogen-bond donors (Lipinski definition) is 2. The van der Waals surface area contributed by atoms with Crippen molar-refractivity contribution in [2.24, 2.45) is 0 Å². The Morgan fingerprint density at radius 3 is 2.00 bits per heavy atom. The SMILES string of the molecule is CC.CC/C=C(\C=N)C(=O)O.CC/C=C/C#N. The zero-order valence-corrected chi connectivity index (χ0v) is 11.0. The summed E-state index contributed by atoms with van der Waals surface area (Å²) in [6, 6.07) is 1.89. The first-order valence-corrected chi connectivity index (χ1v) is 5.62. The fourth-order valence-corrected chi connectivity index (χ4v) is 0.598. The van der Waals surface area contributed by atoms with E-state index in [2.05, 4.69) is 0 Å². The molecular weight excluding hydrogens is 216 g/mol. The lowest BCUT2D eigenvalue weighted by molar-refractivity contribution is -0.132. The number of nitrogens with one attached hydrogen (secondary N) is 1. The molecule has 0 unspecified atom stereocenters. The second kappa shape index (κ2) is 19.6. The summed E-state index contributed by atoms with van der Waals surface area (Å²) in [6.45, 7) is 7.82. The van der Waals surface area contributed by atoms with Crippen LogP contribution in [0, 0.1) is 16.7 Å². The van der Waals surface area contributed by atoms with Crippen LogP contribution in [0.15, 0.2) is 23.8 Å². The lowest BCUT2D eigenvalue weighted by Crippen LogP contribution is -2.00. The summed E-state index contributed by atoms with van der Waals surface area (Å²) in [4.78, 5) is 10.1. The molecule has 0 aromatic heterocycles. The van der Waals surface area contributed by atoms with Gasteiger partial charge in [-0.25, -0.2) is 4.79 Å². The maximum atomic E-state index is 10.1. The summed E-state index contributed by atoms with van der Waals surface area (Å²) in [6.07, 6.45) is 7.24. The summed E-state index contributed by atoms with van der Waals surface area (Å²) in [5, 5.41) is 22.8. The number of hydrogen-bond acceptors (Lipinski definition) is 3. The summed E-state index contributed by atoms with van der Waals surface area (Å²) in [5.41, 5.74) is 0.0532. The highest BCUT2D eigenvalue weighted by molar-refractivity contribution is 6.07. The van der Waals surface area contributed by atoms with Gasteiger partial charge in [0.15, 0.2) is 0 Å². The highest BCUT2D eigenvalue weighted by atomic mass is 16.4. The zero-order valence-electron chi connectivity index (χ0n) is 11.0. The summed E-state index contributed by atoms with van der Waals surface area (Å²) in [7, 11) is 0. The maximum absolute atomic E-state index is 10.1. The first kappa shape index (κ1) is 20.5. The van der Waals surface area contributed by atoms with E-state index >= 15 is 0 Å². The fourth-order valence-electron chi connectivity index (χ4n) is 0.598. The molecule has 0 saturated heterocycles. The van der Waals surface area contributed by atoms with Gasteiger partial charge in [0.25, 0.3) is 0 Å². The molecule has 0 saturated carbocycles. The van der Waals surface area contributed by atoms with Crippen molar-refractivity contribution in [3.63, 3.8) is 0 Å². The van der Waals surface area contributed by atoms with Crippen molar-refractivity contribution in [3.8, 4) is 6.07 Å². The predicted octanol–water partition coefficient (Wildman–Crippen LogP) is 3.56. The van der Waals surface area contributed by atoms with Crippen LogP contribution in [0.3, 0.4) is 0 Å². The normalized spacial score (nSPS) is 9.24. The van der Waals surface area contributed by atoms with Gasteiger partial charge in [-0.05, 0) is 12.8 Å². The summed E-state index contributed by atoms with van der Waals surface area (Å²) in [5.74, 6) is -1.04. The van der Waals surface area contributed by atoms with Crippen LogP contribution in [-0.4, -0.2) is 17.3 Å². The number of allylic oxidation sites excluding steroid dienone is 3. The number of aliphatic carboxylic acids is 1. The smallest absolute Gasteiger partial charge is 0.336 e. The Morgan fingerprint density at radius 1 is 1.35 bits per heavy atom. The second-order valence-corrected chi connectivity index (χ2v) is 2.46. The highest BCUT2D eigenvalue weighted by Crippen LogP contribution is 1.91. The standard InChI is InChI=1S/C6H9NO2.C5H7N.C2H6/c1-2-3-5(4-7)6(8)9;1-2-3-4-5-6;1-2/h3-4,7H,2H2,1H3,(H,8,9);3-4H,2H2,1H3;1-2H3/b5-3+,7-4?;4-3+;. The van der Waals surface area contributed by atoms with Gasteiger partial charge in [0, 0.05) is 12.3 Å². The quantitative estimate of drug-likeness (QED) is 0.446. The molecule has 0 atom stereocenters. The minimum absolute atomic E-state index is 0.0532. The van der Waals surface area contributed by atoms with Crippen LogP contribution in [0.1, 0.15) is 40.5 Å². The molecule has 0 aromatic rings. The molecule has 4 heteroatoms. The molecule has 0 spiro atoms. The average molecular weight is 238 g/mol. The van der Waals surface area contributed by atoms with E-state index in [4.69, 9.17) is 15.8 Å². The van der Waals surface area contributed by atoms with Crippen molar-refractivity contribution in [2.45, 2.75) is 40.5 Å². The number of rotatable bonds is 4. The van der Waals surface area contributed by atoms with E-state index < -0.39 is 5.97 Å². The Balaban J connectivity index is -0.000000213. The van der Waals surface area contributed by atoms with Gasteiger partial charge in [-0.3, -0.25) is 0 Å². The molecule has 4 nitrogen and oxygen atoms in total. The minimum atomic E-state index is -1.04. The highest BCUT2D eigenvalue weighted by Gasteiger charge is 1.99. The van der Waals surface area contributed by atoms with E-state index in [1.165, 1.54) is 12.2 Å². The van der Waals surface area contributed by atoms with Gasteiger partial charge in [0.2, 0.25) is 0 Å². The van der Waals surface area contributed by atoms with Crippen LogP contribution in [0.25, 0.3) is 0 Å². The summed E-state index contributed by atoms with van der Waals surface area (Å²) >= 11 is 0. The van der Waals surface area contributed by atoms with Crippen molar-refractivity contribution in [1.29, 1.82) is 10.7 Å².